The van der Waals surface area contributed by atoms with E-state index in [1.165, 1.54) is 12.7 Å². The highest BCUT2D eigenvalue weighted by Gasteiger charge is 2.44. The summed E-state index contributed by atoms with van der Waals surface area (Å²) in [6.07, 6.45) is 1.08. The van der Waals surface area contributed by atoms with Crippen molar-refractivity contribution in [1.29, 1.82) is 0 Å². The number of carbonyl (C=O) groups is 2. The number of nitrogens with one attached hydrogen (secondary N) is 1. The van der Waals surface area contributed by atoms with Crippen molar-refractivity contribution in [2.45, 2.75) is 18.8 Å². The summed E-state index contributed by atoms with van der Waals surface area (Å²) in [7, 11) is 1.34. The number of halogens is 1. The van der Waals surface area contributed by atoms with Crippen LogP contribution in [-0.2, 0) is 14.3 Å². The van der Waals surface area contributed by atoms with Gasteiger partial charge in [-0.3, -0.25) is 9.59 Å². The maximum Gasteiger partial charge on any atom is 0.307 e. The lowest BCUT2D eigenvalue weighted by Gasteiger charge is -2.05. The summed E-state index contributed by atoms with van der Waals surface area (Å²) in [4.78, 5) is 22.8. The average molecular weight is 326 g/mol. The fourth-order valence-corrected chi connectivity index (χ4v) is 2.70. The number of hydrogen-bond acceptors (Lipinski definition) is 3. The first kappa shape index (κ1) is 14.1. The number of amides is 1. The van der Waals surface area contributed by atoms with E-state index in [2.05, 4.69) is 26.0 Å². The summed E-state index contributed by atoms with van der Waals surface area (Å²) in [6, 6.07) is 7.96. The highest BCUT2D eigenvalue weighted by atomic mass is 79.9. The van der Waals surface area contributed by atoms with E-state index in [1.807, 2.05) is 24.3 Å². The third kappa shape index (κ3) is 3.56. The largest absolute Gasteiger partial charge is 0.469 e. The Labute approximate surface area is 120 Å². The maximum absolute atomic E-state index is 11.9. The lowest BCUT2D eigenvalue weighted by atomic mass is 10.1. The molecule has 1 saturated carbocycles. The highest BCUT2D eigenvalue weighted by Crippen LogP contribution is 2.49. The van der Waals surface area contributed by atoms with Crippen LogP contribution < -0.4 is 5.32 Å². The van der Waals surface area contributed by atoms with Crippen molar-refractivity contribution in [1.82, 2.24) is 5.32 Å². The van der Waals surface area contributed by atoms with Crippen LogP contribution in [0.3, 0.4) is 0 Å². The molecule has 1 N–H and O–H groups in total. The summed E-state index contributed by atoms with van der Waals surface area (Å²) in [5, 5.41) is 2.77. The number of carbonyl (C=O) groups excluding carboxylic acids is 2. The molecule has 1 amide bonds. The standard InChI is InChI=1S/C14H16BrNO3/c1-19-13(17)6-7-16-14(18)11-8-10(11)9-4-2-3-5-12(9)15/h2-5,10-11H,6-8H2,1H3,(H,16,18)/t10-,11-/m0/s1. The van der Waals surface area contributed by atoms with Gasteiger partial charge in [0.1, 0.15) is 0 Å². The van der Waals surface area contributed by atoms with Gasteiger partial charge in [-0.15, -0.1) is 0 Å². The molecule has 5 heteroatoms. The Bertz CT molecular complexity index is 489. The number of methoxy groups -OCH3 is 1. The van der Waals surface area contributed by atoms with Crippen LogP contribution in [0.25, 0.3) is 0 Å². The van der Waals surface area contributed by atoms with Crippen molar-refractivity contribution < 1.29 is 14.3 Å². The van der Waals surface area contributed by atoms with E-state index in [0.29, 0.717) is 6.54 Å². The van der Waals surface area contributed by atoms with Crippen LogP contribution >= 0.6 is 15.9 Å². The SMILES string of the molecule is COC(=O)CCNC(=O)[C@H]1C[C@H]1c1ccccc1Br. The van der Waals surface area contributed by atoms with E-state index in [4.69, 9.17) is 0 Å². The highest BCUT2D eigenvalue weighted by molar-refractivity contribution is 9.10. The zero-order chi connectivity index (χ0) is 13.8. The topological polar surface area (TPSA) is 55.4 Å². The van der Waals surface area contributed by atoms with Gasteiger partial charge >= 0.3 is 5.97 Å². The van der Waals surface area contributed by atoms with Gasteiger partial charge in [0.2, 0.25) is 5.91 Å². The third-order valence-electron chi connectivity index (χ3n) is 3.29. The lowest BCUT2D eigenvalue weighted by molar-refractivity contribution is -0.140. The summed E-state index contributed by atoms with van der Waals surface area (Å²) in [6.45, 7) is 0.338. The molecule has 0 heterocycles. The molecule has 4 nitrogen and oxygen atoms in total. The predicted molar refractivity (Wildman–Crippen MR) is 74.6 cm³/mol. The molecule has 102 valence electrons. The summed E-state index contributed by atoms with van der Waals surface area (Å²) in [5.74, 6) is 0.0214. The zero-order valence-corrected chi connectivity index (χ0v) is 12.3. The summed E-state index contributed by atoms with van der Waals surface area (Å²) < 4.78 is 5.56. The van der Waals surface area contributed by atoms with Crippen molar-refractivity contribution >= 4 is 27.8 Å². The molecule has 2 rings (SSSR count). The molecular formula is C14H16BrNO3. The van der Waals surface area contributed by atoms with Gasteiger partial charge in [0.25, 0.3) is 0 Å². The van der Waals surface area contributed by atoms with Crippen LogP contribution in [0.2, 0.25) is 0 Å². The molecule has 1 aliphatic rings. The Balaban J connectivity index is 1.81. The van der Waals surface area contributed by atoms with Gasteiger partial charge in [-0.05, 0) is 24.0 Å². The van der Waals surface area contributed by atoms with E-state index in [9.17, 15) is 9.59 Å². The second-order valence-corrected chi connectivity index (χ2v) is 5.44. The Morgan fingerprint density at radius 2 is 2.16 bits per heavy atom. The molecular weight excluding hydrogens is 310 g/mol. The second kappa shape index (κ2) is 6.19. The third-order valence-corrected chi connectivity index (χ3v) is 4.01. The van der Waals surface area contributed by atoms with Gasteiger partial charge in [-0.25, -0.2) is 0 Å². The van der Waals surface area contributed by atoms with E-state index >= 15 is 0 Å². The van der Waals surface area contributed by atoms with E-state index < -0.39 is 0 Å². The first-order chi connectivity index (χ1) is 9.13. The van der Waals surface area contributed by atoms with Gasteiger partial charge < -0.3 is 10.1 Å². The molecule has 0 radical (unpaired) electrons. The minimum absolute atomic E-state index is 0.0182. The van der Waals surface area contributed by atoms with Crippen molar-refractivity contribution in [2.75, 3.05) is 13.7 Å². The molecule has 1 aromatic carbocycles. The van der Waals surface area contributed by atoms with Gasteiger partial charge in [-0.2, -0.15) is 0 Å². The molecule has 19 heavy (non-hydrogen) atoms. The Morgan fingerprint density at radius 1 is 1.42 bits per heavy atom. The number of benzene rings is 1. The fourth-order valence-electron chi connectivity index (χ4n) is 2.13. The monoisotopic (exact) mass is 325 g/mol. The minimum Gasteiger partial charge on any atom is -0.469 e. The Kier molecular flexibility index (Phi) is 4.58. The predicted octanol–water partition coefficient (Wildman–Crippen LogP) is 2.23. The molecule has 0 aromatic heterocycles. The number of rotatable bonds is 5. The molecule has 0 unspecified atom stereocenters. The molecule has 0 aliphatic heterocycles. The quantitative estimate of drug-likeness (QED) is 0.844. The fraction of sp³-hybridized carbons (Fsp3) is 0.429. The van der Waals surface area contributed by atoms with Gasteiger partial charge in [0, 0.05) is 16.9 Å². The van der Waals surface area contributed by atoms with Gasteiger partial charge in [-0.1, -0.05) is 34.1 Å². The van der Waals surface area contributed by atoms with Crippen molar-refractivity contribution in [3.8, 4) is 0 Å². The molecule has 0 spiro atoms. The van der Waals surface area contributed by atoms with E-state index in [0.717, 1.165) is 10.9 Å². The zero-order valence-electron chi connectivity index (χ0n) is 10.7. The normalized spacial score (nSPS) is 20.7. The van der Waals surface area contributed by atoms with Crippen LogP contribution in [0, 0.1) is 5.92 Å². The number of esters is 1. The average Bonchev–Trinajstić information content (AvgIpc) is 3.19. The van der Waals surface area contributed by atoms with Gasteiger partial charge in [0.05, 0.1) is 13.5 Å². The van der Waals surface area contributed by atoms with Crippen LogP contribution in [0.15, 0.2) is 28.7 Å². The summed E-state index contributed by atoms with van der Waals surface area (Å²) >= 11 is 3.50. The van der Waals surface area contributed by atoms with Crippen molar-refractivity contribution in [3.05, 3.63) is 34.3 Å². The van der Waals surface area contributed by atoms with Crippen molar-refractivity contribution in [3.63, 3.8) is 0 Å². The smallest absolute Gasteiger partial charge is 0.307 e. The number of ether oxygens (including phenoxy) is 1. The first-order valence-electron chi connectivity index (χ1n) is 6.22. The molecule has 1 fully saturated rings. The van der Waals surface area contributed by atoms with Crippen LogP contribution in [0.4, 0.5) is 0 Å². The molecule has 0 bridgehead atoms. The van der Waals surface area contributed by atoms with Gasteiger partial charge in [0.15, 0.2) is 0 Å². The van der Waals surface area contributed by atoms with E-state index in [-0.39, 0.29) is 30.1 Å². The van der Waals surface area contributed by atoms with Crippen molar-refractivity contribution in [2.24, 2.45) is 5.92 Å². The van der Waals surface area contributed by atoms with Crippen LogP contribution in [0.5, 0.6) is 0 Å². The molecule has 0 saturated heterocycles. The second-order valence-electron chi connectivity index (χ2n) is 4.59. The van der Waals surface area contributed by atoms with Crippen LogP contribution in [0.1, 0.15) is 24.3 Å². The maximum atomic E-state index is 11.9. The molecule has 2 atom stereocenters. The minimum atomic E-state index is -0.307. The molecule has 1 aliphatic carbocycles. The van der Waals surface area contributed by atoms with Crippen LogP contribution in [-0.4, -0.2) is 25.5 Å². The number of hydrogen-bond donors (Lipinski definition) is 1. The van der Waals surface area contributed by atoms with E-state index in [1.54, 1.807) is 0 Å². The Hall–Kier alpha value is -1.36. The lowest BCUT2D eigenvalue weighted by Crippen LogP contribution is -2.28. The Morgan fingerprint density at radius 3 is 2.84 bits per heavy atom. The molecule has 1 aromatic rings. The summed E-state index contributed by atoms with van der Waals surface area (Å²) in [5.41, 5.74) is 1.18. The first-order valence-corrected chi connectivity index (χ1v) is 7.01.